The number of para-hydroxylation sites is 1. The van der Waals surface area contributed by atoms with E-state index in [0.717, 1.165) is 43.1 Å². The first-order valence-electron chi connectivity index (χ1n) is 9.87. The Hall–Kier alpha value is -3.41. The van der Waals surface area contributed by atoms with Crippen LogP contribution in [0.15, 0.2) is 60.7 Å². The maximum Gasteiger partial charge on any atom is 0.274 e. The molecule has 6 heteroatoms. The summed E-state index contributed by atoms with van der Waals surface area (Å²) >= 11 is 0. The van der Waals surface area contributed by atoms with Crippen molar-refractivity contribution in [3.05, 3.63) is 77.6 Å². The Labute approximate surface area is 171 Å². The van der Waals surface area contributed by atoms with Gasteiger partial charge in [-0.3, -0.25) is 4.79 Å². The Kier molecular flexibility index (Phi) is 5.42. The number of nitrogens with zero attached hydrogens (tertiary/aromatic N) is 4. The summed E-state index contributed by atoms with van der Waals surface area (Å²) in [5.41, 5.74) is 4.32. The van der Waals surface area contributed by atoms with Gasteiger partial charge in [0.15, 0.2) is 0 Å². The quantitative estimate of drug-likeness (QED) is 0.740. The topological polar surface area (TPSA) is 61.4 Å². The van der Waals surface area contributed by atoms with Crippen LogP contribution in [0.4, 0.5) is 17.3 Å². The van der Waals surface area contributed by atoms with Crippen LogP contribution in [0, 0.1) is 13.8 Å². The summed E-state index contributed by atoms with van der Waals surface area (Å²) in [7, 11) is 0. The molecular formula is C23H25N5O. The lowest BCUT2D eigenvalue weighted by Crippen LogP contribution is -2.47. The van der Waals surface area contributed by atoms with E-state index in [1.54, 1.807) is 6.07 Å². The second-order valence-corrected chi connectivity index (χ2v) is 7.32. The molecule has 2 aromatic carbocycles. The predicted molar refractivity (Wildman–Crippen MR) is 117 cm³/mol. The molecule has 1 fully saturated rings. The number of carbonyl (C=O) groups is 1. The molecule has 3 aromatic rings. The number of rotatable bonds is 4. The van der Waals surface area contributed by atoms with E-state index in [2.05, 4.69) is 49.4 Å². The summed E-state index contributed by atoms with van der Waals surface area (Å²) in [6.07, 6.45) is 0. The molecular weight excluding hydrogens is 362 g/mol. The third kappa shape index (κ3) is 4.54. The molecule has 0 atom stereocenters. The van der Waals surface area contributed by atoms with Crippen molar-refractivity contribution >= 4 is 23.2 Å². The van der Waals surface area contributed by atoms with Crippen molar-refractivity contribution in [1.82, 2.24) is 9.97 Å². The molecule has 0 bridgehead atoms. The highest BCUT2D eigenvalue weighted by atomic mass is 16.1. The first kappa shape index (κ1) is 18.9. The maximum absolute atomic E-state index is 12.7. The molecule has 1 aliphatic rings. The summed E-state index contributed by atoms with van der Waals surface area (Å²) in [5, 5.41) is 2.92. The van der Waals surface area contributed by atoms with Crippen LogP contribution in [0.3, 0.4) is 0 Å². The van der Waals surface area contributed by atoms with E-state index in [4.69, 9.17) is 0 Å². The molecule has 0 saturated carbocycles. The Morgan fingerprint density at radius 2 is 1.52 bits per heavy atom. The molecule has 4 rings (SSSR count). The monoisotopic (exact) mass is 387 g/mol. The minimum Gasteiger partial charge on any atom is -0.368 e. The van der Waals surface area contributed by atoms with Crippen LogP contribution in [-0.2, 0) is 0 Å². The Morgan fingerprint density at radius 3 is 2.21 bits per heavy atom. The molecule has 148 valence electrons. The highest BCUT2D eigenvalue weighted by Crippen LogP contribution is 2.19. The number of benzene rings is 2. The van der Waals surface area contributed by atoms with Crippen molar-refractivity contribution in [2.45, 2.75) is 13.8 Å². The van der Waals surface area contributed by atoms with Gasteiger partial charge in [-0.1, -0.05) is 35.9 Å². The third-order valence-corrected chi connectivity index (χ3v) is 5.07. The van der Waals surface area contributed by atoms with Gasteiger partial charge in [0.05, 0.1) is 0 Å². The van der Waals surface area contributed by atoms with Crippen molar-refractivity contribution in [1.29, 1.82) is 0 Å². The fourth-order valence-corrected chi connectivity index (χ4v) is 3.45. The summed E-state index contributed by atoms with van der Waals surface area (Å²) in [4.78, 5) is 26.3. The van der Waals surface area contributed by atoms with E-state index in [-0.39, 0.29) is 5.91 Å². The Bertz CT molecular complexity index is 980. The zero-order valence-corrected chi connectivity index (χ0v) is 16.8. The highest BCUT2D eigenvalue weighted by Gasteiger charge is 2.21. The summed E-state index contributed by atoms with van der Waals surface area (Å²) in [6.45, 7) is 7.34. The largest absolute Gasteiger partial charge is 0.368 e. The lowest BCUT2D eigenvalue weighted by atomic mass is 10.2. The molecule has 6 nitrogen and oxygen atoms in total. The van der Waals surface area contributed by atoms with E-state index in [1.165, 1.54) is 5.69 Å². The summed E-state index contributed by atoms with van der Waals surface area (Å²) in [5.74, 6) is 0.398. The van der Waals surface area contributed by atoms with Gasteiger partial charge in [-0.05, 0) is 44.2 Å². The molecule has 29 heavy (non-hydrogen) atoms. The molecule has 2 heterocycles. The number of aryl methyl sites for hydroxylation is 2. The molecule has 1 amide bonds. The number of anilines is 3. The van der Waals surface area contributed by atoms with E-state index in [0.29, 0.717) is 11.6 Å². The van der Waals surface area contributed by atoms with Crippen LogP contribution in [0.5, 0.6) is 0 Å². The maximum atomic E-state index is 12.7. The van der Waals surface area contributed by atoms with Crippen molar-refractivity contribution < 1.29 is 4.79 Å². The van der Waals surface area contributed by atoms with Gasteiger partial charge in [0.2, 0.25) is 5.95 Å². The van der Waals surface area contributed by atoms with E-state index in [9.17, 15) is 4.79 Å². The fourth-order valence-electron chi connectivity index (χ4n) is 3.45. The van der Waals surface area contributed by atoms with Gasteiger partial charge in [-0.2, -0.15) is 0 Å². The van der Waals surface area contributed by atoms with E-state index < -0.39 is 0 Å². The third-order valence-electron chi connectivity index (χ3n) is 5.07. The van der Waals surface area contributed by atoms with Gasteiger partial charge in [0, 0.05) is 43.2 Å². The molecule has 1 aromatic heterocycles. The van der Waals surface area contributed by atoms with Crippen LogP contribution in [0.1, 0.15) is 21.7 Å². The van der Waals surface area contributed by atoms with Gasteiger partial charge in [0.25, 0.3) is 5.91 Å². The molecule has 1 aliphatic heterocycles. The number of amides is 1. The smallest absolute Gasteiger partial charge is 0.274 e. The predicted octanol–water partition coefficient (Wildman–Crippen LogP) is 3.67. The average molecular weight is 387 g/mol. The summed E-state index contributed by atoms with van der Waals surface area (Å²) in [6, 6.07) is 19.9. The van der Waals surface area contributed by atoms with Crippen molar-refractivity contribution in [3.8, 4) is 0 Å². The number of piperazine rings is 1. The van der Waals surface area contributed by atoms with Gasteiger partial charge in [-0.25, -0.2) is 9.97 Å². The lowest BCUT2D eigenvalue weighted by molar-refractivity contribution is 0.102. The normalized spacial score (nSPS) is 14.0. The number of hydrogen-bond donors (Lipinski definition) is 1. The number of hydrogen-bond acceptors (Lipinski definition) is 5. The molecule has 1 N–H and O–H groups in total. The van der Waals surface area contributed by atoms with Crippen molar-refractivity contribution in [2.75, 3.05) is 41.3 Å². The van der Waals surface area contributed by atoms with Crippen LogP contribution in [0.25, 0.3) is 0 Å². The number of carbonyl (C=O) groups excluding carboxylic acids is 1. The second kappa shape index (κ2) is 8.31. The number of nitrogens with one attached hydrogen (secondary N) is 1. The SMILES string of the molecule is Cc1ccc(NC(=O)c2cc(C)nc(N3CCN(c4ccccc4)CC3)n2)cc1. The lowest BCUT2D eigenvalue weighted by Gasteiger charge is -2.36. The van der Waals surface area contributed by atoms with Crippen LogP contribution in [-0.4, -0.2) is 42.1 Å². The van der Waals surface area contributed by atoms with Gasteiger partial charge in [0.1, 0.15) is 5.69 Å². The highest BCUT2D eigenvalue weighted by molar-refractivity contribution is 6.03. The Morgan fingerprint density at radius 1 is 0.862 bits per heavy atom. The number of aromatic nitrogens is 2. The first-order chi connectivity index (χ1) is 14.1. The van der Waals surface area contributed by atoms with Gasteiger partial charge >= 0.3 is 0 Å². The average Bonchev–Trinajstić information content (AvgIpc) is 2.75. The van der Waals surface area contributed by atoms with Gasteiger partial charge < -0.3 is 15.1 Å². The van der Waals surface area contributed by atoms with Crippen LogP contribution < -0.4 is 15.1 Å². The second-order valence-electron chi connectivity index (χ2n) is 7.32. The van der Waals surface area contributed by atoms with Crippen LogP contribution in [0.2, 0.25) is 0 Å². The molecule has 0 unspecified atom stereocenters. The van der Waals surface area contributed by atoms with E-state index in [1.807, 2.05) is 44.2 Å². The van der Waals surface area contributed by atoms with Crippen LogP contribution >= 0.6 is 0 Å². The minimum absolute atomic E-state index is 0.219. The summed E-state index contributed by atoms with van der Waals surface area (Å²) < 4.78 is 0. The zero-order valence-electron chi connectivity index (χ0n) is 16.8. The van der Waals surface area contributed by atoms with Crippen molar-refractivity contribution in [2.24, 2.45) is 0 Å². The molecule has 1 saturated heterocycles. The zero-order chi connectivity index (χ0) is 20.2. The van der Waals surface area contributed by atoms with E-state index >= 15 is 0 Å². The standard InChI is InChI=1S/C23H25N5O/c1-17-8-10-19(11-9-17)25-22(29)21-16-18(2)24-23(26-21)28-14-12-27(13-15-28)20-6-4-3-5-7-20/h3-11,16H,12-15H2,1-2H3,(H,25,29). The molecule has 0 spiro atoms. The van der Waals surface area contributed by atoms with Crippen molar-refractivity contribution in [3.63, 3.8) is 0 Å². The molecule has 0 radical (unpaired) electrons. The minimum atomic E-state index is -0.219. The fraction of sp³-hybridized carbons (Fsp3) is 0.261. The Balaban J connectivity index is 1.46. The van der Waals surface area contributed by atoms with Gasteiger partial charge in [-0.15, -0.1) is 0 Å². The molecule has 0 aliphatic carbocycles. The first-order valence-corrected chi connectivity index (χ1v) is 9.87.